The highest BCUT2D eigenvalue weighted by molar-refractivity contribution is 5.84. The van der Waals surface area contributed by atoms with Gasteiger partial charge in [0.2, 0.25) is 0 Å². The molecule has 0 unspecified atom stereocenters. The van der Waals surface area contributed by atoms with Crippen LogP contribution in [-0.4, -0.2) is 18.1 Å². The summed E-state index contributed by atoms with van der Waals surface area (Å²) < 4.78 is 5.82. The molecule has 2 aromatic carbocycles. The fourth-order valence-electron chi connectivity index (χ4n) is 2.10. The Labute approximate surface area is 119 Å². The molecule has 0 aliphatic rings. The van der Waals surface area contributed by atoms with Crippen LogP contribution in [-0.2, 0) is 4.79 Å². The zero-order chi connectivity index (χ0) is 14.5. The van der Waals surface area contributed by atoms with Gasteiger partial charge in [0, 0.05) is 6.04 Å². The molecule has 106 valence electrons. The van der Waals surface area contributed by atoms with Gasteiger partial charge in [-0.2, -0.15) is 0 Å². The Morgan fingerprint density at radius 3 is 2.50 bits per heavy atom. The van der Waals surface area contributed by atoms with E-state index >= 15 is 0 Å². The topological polar surface area (TPSA) is 38.3 Å². The van der Waals surface area contributed by atoms with Gasteiger partial charge in [0.05, 0.1) is 0 Å². The average Bonchev–Trinajstić information content (AvgIpc) is 2.43. The van der Waals surface area contributed by atoms with Gasteiger partial charge in [-0.25, -0.2) is 0 Å². The summed E-state index contributed by atoms with van der Waals surface area (Å²) >= 11 is 0. The molecule has 0 saturated heterocycles. The van der Waals surface area contributed by atoms with E-state index in [1.807, 2.05) is 57.2 Å². The van der Waals surface area contributed by atoms with Crippen LogP contribution in [0.15, 0.2) is 42.5 Å². The number of nitrogens with one attached hydrogen (secondary N) is 1. The average molecular weight is 271 g/mol. The van der Waals surface area contributed by atoms with Gasteiger partial charge >= 0.3 is 0 Å². The zero-order valence-corrected chi connectivity index (χ0v) is 12.2. The predicted octanol–water partition coefficient (Wildman–Crippen LogP) is 3.52. The fourth-order valence-corrected chi connectivity index (χ4v) is 2.10. The van der Waals surface area contributed by atoms with E-state index in [4.69, 9.17) is 4.74 Å². The first-order chi connectivity index (χ1) is 9.60. The minimum absolute atomic E-state index is 0.0596. The second-order valence-electron chi connectivity index (χ2n) is 5.19. The molecule has 0 radical (unpaired) electrons. The summed E-state index contributed by atoms with van der Waals surface area (Å²) in [6.07, 6.45) is 0.198. The van der Waals surface area contributed by atoms with Gasteiger partial charge in [-0.15, -0.1) is 0 Å². The van der Waals surface area contributed by atoms with Crippen molar-refractivity contribution in [1.82, 2.24) is 5.32 Å². The van der Waals surface area contributed by atoms with E-state index < -0.39 is 6.10 Å². The van der Waals surface area contributed by atoms with E-state index in [0.717, 1.165) is 11.1 Å². The van der Waals surface area contributed by atoms with Crippen LogP contribution < -0.4 is 10.1 Å². The molecule has 1 N–H and O–H groups in total. The monoisotopic (exact) mass is 271 g/mol. The van der Waals surface area contributed by atoms with E-state index in [9.17, 15) is 4.79 Å². The molecule has 20 heavy (non-hydrogen) atoms. The summed E-state index contributed by atoms with van der Waals surface area (Å²) in [4.78, 5) is 12.0. The van der Waals surface area contributed by atoms with Crippen LogP contribution in [0, 0.1) is 0 Å². The minimum atomic E-state index is -0.446. The van der Waals surface area contributed by atoms with Crippen LogP contribution in [0.4, 0.5) is 0 Å². The summed E-state index contributed by atoms with van der Waals surface area (Å²) in [5.41, 5.74) is 0. The maximum Gasteiger partial charge on any atom is 0.261 e. The molecule has 3 heteroatoms. The first-order valence-corrected chi connectivity index (χ1v) is 7.06. The Morgan fingerprint density at radius 1 is 1.15 bits per heavy atom. The summed E-state index contributed by atoms with van der Waals surface area (Å²) in [5, 5.41) is 5.17. The Bertz CT molecular complexity index is 592. The molecule has 1 atom stereocenters. The number of carbonyl (C=O) groups excluding carboxylic acids is 1. The van der Waals surface area contributed by atoms with Crippen molar-refractivity contribution in [3.8, 4) is 5.75 Å². The van der Waals surface area contributed by atoms with E-state index in [0.29, 0.717) is 6.42 Å². The number of ether oxygens (including phenoxy) is 1. The second-order valence-corrected chi connectivity index (χ2v) is 5.19. The molecular formula is C17H21NO2. The highest BCUT2D eigenvalue weighted by Crippen LogP contribution is 2.22. The van der Waals surface area contributed by atoms with Gasteiger partial charge in [-0.3, -0.25) is 4.79 Å². The van der Waals surface area contributed by atoms with Crippen molar-refractivity contribution in [3.63, 3.8) is 0 Å². The number of rotatable bonds is 5. The SMILES string of the molecule is CC[C@@H](Oc1ccc2ccccc2c1)C(=O)NC(C)C. The maximum absolute atomic E-state index is 12.0. The van der Waals surface area contributed by atoms with E-state index in [-0.39, 0.29) is 11.9 Å². The van der Waals surface area contributed by atoms with Crippen molar-refractivity contribution in [2.75, 3.05) is 0 Å². The first-order valence-electron chi connectivity index (χ1n) is 7.06. The summed E-state index contributed by atoms with van der Waals surface area (Å²) in [7, 11) is 0. The Kier molecular flexibility index (Phi) is 4.61. The van der Waals surface area contributed by atoms with Crippen molar-refractivity contribution < 1.29 is 9.53 Å². The molecule has 0 fully saturated rings. The van der Waals surface area contributed by atoms with Gasteiger partial charge in [0.25, 0.3) is 5.91 Å². The molecule has 3 nitrogen and oxygen atoms in total. The third kappa shape index (κ3) is 3.50. The maximum atomic E-state index is 12.0. The Balaban J connectivity index is 2.14. The molecule has 0 saturated carbocycles. The molecule has 1 amide bonds. The quantitative estimate of drug-likeness (QED) is 0.903. The van der Waals surface area contributed by atoms with E-state index in [1.165, 1.54) is 5.39 Å². The van der Waals surface area contributed by atoms with Crippen LogP contribution in [0.5, 0.6) is 5.75 Å². The molecule has 0 bridgehead atoms. The largest absolute Gasteiger partial charge is 0.481 e. The highest BCUT2D eigenvalue weighted by atomic mass is 16.5. The van der Waals surface area contributed by atoms with E-state index in [2.05, 4.69) is 11.4 Å². The minimum Gasteiger partial charge on any atom is -0.481 e. The molecule has 0 spiro atoms. The Hall–Kier alpha value is -2.03. The summed E-state index contributed by atoms with van der Waals surface area (Å²) in [6.45, 7) is 5.84. The van der Waals surface area contributed by atoms with Crippen LogP contribution in [0.2, 0.25) is 0 Å². The lowest BCUT2D eigenvalue weighted by Gasteiger charge is -2.19. The van der Waals surface area contributed by atoms with Gasteiger partial charge in [-0.05, 0) is 43.2 Å². The van der Waals surface area contributed by atoms with Gasteiger partial charge in [0.1, 0.15) is 5.75 Å². The molecular weight excluding hydrogens is 250 g/mol. The van der Waals surface area contributed by atoms with Crippen molar-refractivity contribution in [1.29, 1.82) is 0 Å². The summed E-state index contributed by atoms with van der Waals surface area (Å²) in [6, 6.07) is 14.1. The van der Waals surface area contributed by atoms with Crippen LogP contribution in [0.3, 0.4) is 0 Å². The number of amides is 1. The first kappa shape index (κ1) is 14.4. The number of fused-ring (bicyclic) bond motifs is 1. The second kappa shape index (κ2) is 6.42. The van der Waals surface area contributed by atoms with Crippen LogP contribution >= 0.6 is 0 Å². The lowest BCUT2D eigenvalue weighted by molar-refractivity contribution is -0.128. The standard InChI is InChI=1S/C17H21NO2/c1-4-16(17(19)18-12(2)3)20-15-10-9-13-7-5-6-8-14(13)11-15/h5-12,16H,4H2,1-3H3,(H,18,19)/t16-/m1/s1. The van der Waals surface area contributed by atoms with Crippen LogP contribution in [0.25, 0.3) is 10.8 Å². The molecule has 0 aliphatic heterocycles. The molecule has 2 rings (SSSR count). The van der Waals surface area contributed by atoms with Gasteiger partial charge in [0.15, 0.2) is 6.10 Å². The number of hydrogen-bond donors (Lipinski definition) is 1. The zero-order valence-electron chi connectivity index (χ0n) is 12.2. The third-order valence-corrected chi connectivity index (χ3v) is 3.09. The molecule has 0 heterocycles. The normalized spacial score (nSPS) is 12.4. The summed E-state index contributed by atoms with van der Waals surface area (Å²) in [5.74, 6) is 0.671. The third-order valence-electron chi connectivity index (χ3n) is 3.09. The molecule has 0 aliphatic carbocycles. The van der Waals surface area contributed by atoms with Gasteiger partial charge in [-0.1, -0.05) is 37.3 Å². The van der Waals surface area contributed by atoms with Gasteiger partial charge < -0.3 is 10.1 Å². The lowest BCUT2D eigenvalue weighted by atomic mass is 10.1. The smallest absolute Gasteiger partial charge is 0.261 e. The van der Waals surface area contributed by atoms with Crippen molar-refractivity contribution in [3.05, 3.63) is 42.5 Å². The van der Waals surface area contributed by atoms with Crippen molar-refractivity contribution in [2.45, 2.75) is 39.3 Å². The van der Waals surface area contributed by atoms with Crippen LogP contribution in [0.1, 0.15) is 27.2 Å². The fraction of sp³-hybridized carbons (Fsp3) is 0.353. The van der Waals surface area contributed by atoms with Crippen molar-refractivity contribution >= 4 is 16.7 Å². The predicted molar refractivity (Wildman–Crippen MR) is 81.9 cm³/mol. The molecule has 2 aromatic rings. The number of carbonyl (C=O) groups is 1. The number of hydrogen-bond acceptors (Lipinski definition) is 2. The lowest BCUT2D eigenvalue weighted by Crippen LogP contribution is -2.41. The highest BCUT2D eigenvalue weighted by Gasteiger charge is 2.18. The molecule has 0 aromatic heterocycles. The number of benzene rings is 2. The van der Waals surface area contributed by atoms with E-state index in [1.54, 1.807) is 0 Å². The Morgan fingerprint density at radius 2 is 1.85 bits per heavy atom. The van der Waals surface area contributed by atoms with Crippen molar-refractivity contribution in [2.24, 2.45) is 0 Å².